The van der Waals surface area contributed by atoms with Gasteiger partial charge in [-0.3, -0.25) is 0 Å². The molecule has 0 spiro atoms. The van der Waals surface area contributed by atoms with Crippen molar-refractivity contribution in [2.24, 2.45) is 0 Å². The molecule has 2 atom stereocenters. The van der Waals surface area contributed by atoms with Crippen molar-refractivity contribution in [1.82, 2.24) is 0 Å². The fourth-order valence-electron chi connectivity index (χ4n) is 1.43. The molecule has 116 valence electrons. The Balaban J connectivity index is 2.51. The van der Waals surface area contributed by atoms with Crippen molar-refractivity contribution in [3.63, 3.8) is 0 Å². The third-order valence-electron chi connectivity index (χ3n) is 2.41. The summed E-state index contributed by atoms with van der Waals surface area (Å²) in [5.74, 6) is -2.16. The molecule has 0 amide bonds. The summed E-state index contributed by atoms with van der Waals surface area (Å²) in [4.78, 5) is 23.1. The zero-order valence-electron chi connectivity index (χ0n) is 12.3. The molecule has 0 aliphatic carbocycles. The van der Waals surface area contributed by atoms with E-state index in [-0.39, 0.29) is 6.61 Å². The van der Waals surface area contributed by atoms with Gasteiger partial charge in [-0.15, -0.1) is 0 Å². The lowest BCUT2D eigenvalue weighted by atomic mass is 10.1. The molecular formula is C15H20O6. The first-order chi connectivity index (χ1) is 9.70. The van der Waals surface area contributed by atoms with Crippen molar-refractivity contribution in [2.75, 3.05) is 0 Å². The molecule has 6 nitrogen and oxygen atoms in total. The van der Waals surface area contributed by atoms with Gasteiger partial charge in [-0.2, -0.15) is 0 Å². The van der Waals surface area contributed by atoms with Crippen LogP contribution in [-0.4, -0.2) is 40.0 Å². The fraction of sp³-hybridized carbons (Fsp3) is 0.467. The summed E-state index contributed by atoms with van der Waals surface area (Å²) in [6.07, 6.45) is -3.96. The Labute approximate surface area is 123 Å². The number of benzene rings is 1. The second-order valence-electron chi connectivity index (χ2n) is 5.52. The number of rotatable bonds is 5. The van der Waals surface area contributed by atoms with E-state index in [0.717, 1.165) is 5.56 Å². The number of hydrogen-bond donors (Lipinski definition) is 2. The predicted molar refractivity (Wildman–Crippen MR) is 74.1 cm³/mol. The Morgan fingerprint density at radius 1 is 1.05 bits per heavy atom. The smallest absolute Gasteiger partial charge is 0.338 e. The Morgan fingerprint density at radius 2 is 1.57 bits per heavy atom. The van der Waals surface area contributed by atoms with Crippen LogP contribution in [0.3, 0.4) is 0 Å². The van der Waals surface area contributed by atoms with Crippen LogP contribution in [0.15, 0.2) is 30.3 Å². The summed E-state index contributed by atoms with van der Waals surface area (Å²) < 4.78 is 9.71. The number of carbonyl (C=O) groups excluding carboxylic acids is 2. The highest BCUT2D eigenvalue weighted by Crippen LogP contribution is 2.11. The van der Waals surface area contributed by atoms with Crippen molar-refractivity contribution in [3.05, 3.63) is 35.9 Å². The summed E-state index contributed by atoms with van der Waals surface area (Å²) in [7, 11) is 0. The van der Waals surface area contributed by atoms with Gasteiger partial charge in [0.05, 0.1) is 0 Å². The van der Waals surface area contributed by atoms with Crippen molar-refractivity contribution in [2.45, 2.75) is 45.2 Å². The molecule has 0 aliphatic heterocycles. The molecule has 0 radical (unpaired) electrons. The molecule has 0 bridgehead atoms. The normalized spacial score (nSPS) is 14.1. The van der Waals surface area contributed by atoms with E-state index in [1.54, 1.807) is 45.0 Å². The van der Waals surface area contributed by atoms with Crippen LogP contribution < -0.4 is 0 Å². The van der Waals surface area contributed by atoms with E-state index in [0.29, 0.717) is 0 Å². The lowest BCUT2D eigenvalue weighted by Gasteiger charge is -2.23. The zero-order valence-corrected chi connectivity index (χ0v) is 12.3. The standard InChI is InChI=1S/C15H20O6/c1-15(2,3)21-14(19)12(17)11(16)13(18)20-9-10-7-5-4-6-8-10/h4-8,11-12,16-17H,9H2,1-3H3. The largest absolute Gasteiger partial charge is 0.459 e. The van der Waals surface area contributed by atoms with Gasteiger partial charge < -0.3 is 19.7 Å². The maximum Gasteiger partial charge on any atom is 0.338 e. The summed E-state index contributed by atoms with van der Waals surface area (Å²) in [6, 6.07) is 8.84. The molecule has 2 N–H and O–H groups in total. The van der Waals surface area contributed by atoms with Gasteiger partial charge in [0, 0.05) is 0 Å². The van der Waals surface area contributed by atoms with Gasteiger partial charge >= 0.3 is 11.9 Å². The molecule has 1 aromatic carbocycles. The van der Waals surface area contributed by atoms with E-state index >= 15 is 0 Å². The lowest BCUT2D eigenvalue weighted by molar-refractivity contribution is -0.180. The maximum absolute atomic E-state index is 11.6. The molecule has 1 rings (SSSR count). The minimum atomic E-state index is -1.98. The molecule has 21 heavy (non-hydrogen) atoms. The first-order valence-corrected chi connectivity index (χ1v) is 6.50. The average molecular weight is 296 g/mol. The molecule has 0 heterocycles. The van der Waals surface area contributed by atoms with E-state index in [1.165, 1.54) is 0 Å². The third-order valence-corrected chi connectivity index (χ3v) is 2.41. The van der Waals surface area contributed by atoms with Gasteiger partial charge in [-0.05, 0) is 26.3 Å². The second-order valence-corrected chi connectivity index (χ2v) is 5.52. The molecule has 0 fully saturated rings. The van der Waals surface area contributed by atoms with Crippen LogP contribution in [-0.2, 0) is 25.7 Å². The van der Waals surface area contributed by atoms with Crippen LogP contribution in [0.1, 0.15) is 26.3 Å². The fourth-order valence-corrected chi connectivity index (χ4v) is 1.43. The number of esters is 2. The molecule has 2 unspecified atom stereocenters. The molecule has 6 heteroatoms. The summed E-state index contributed by atoms with van der Waals surface area (Å²) in [5.41, 5.74) is -0.101. The predicted octanol–water partition coefficient (Wildman–Crippen LogP) is 0.793. The van der Waals surface area contributed by atoms with Crippen LogP contribution in [0.5, 0.6) is 0 Å². The maximum atomic E-state index is 11.6. The molecule has 0 saturated heterocycles. The highest BCUT2D eigenvalue weighted by atomic mass is 16.6. The number of hydrogen-bond acceptors (Lipinski definition) is 6. The van der Waals surface area contributed by atoms with E-state index < -0.39 is 29.7 Å². The van der Waals surface area contributed by atoms with E-state index in [9.17, 15) is 19.8 Å². The van der Waals surface area contributed by atoms with Crippen LogP contribution in [0.4, 0.5) is 0 Å². The minimum absolute atomic E-state index is 0.0578. The molecule has 0 saturated carbocycles. The van der Waals surface area contributed by atoms with Gasteiger partial charge in [-0.1, -0.05) is 30.3 Å². The average Bonchev–Trinajstić information content (AvgIpc) is 2.42. The Bertz CT molecular complexity index is 477. The topological polar surface area (TPSA) is 93.1 Å². The van der Waals surface area contributed by atoms with Crippen molar-refractivity contribution in [1.29, 1.82) is 0 Å². The molecule has 1 aromatic rings. The van der Waals surface area contributed by atoms with Crippen LogP contribution in [0.2, 0.25) is 0 Å². The van der Waals surface area contributed by atoms with Gasteiger partial charge in [0.25, 0.3) is 0 Å². The molecular weight excluding hydrogens is 276 g/mol. The Kier molecular flexibility index (Phi) is 5.87. The molecule has 0 aliphatic rings. The van der Waals surface area contributed by atoms with E-state index in [1.807, 2.05) is 6.07 Å². The van der Waals surface area contributed by atoms with Gasteiger partial charge in [0.1, 0.15) is 12.2 Å². The van der Waals surface area contributed by atoms with Gasteiger partial charge in [-0.25, -0.2) is 9.59 Å². The van der Waals surface area contributed by atoms with Crippen molar-refractivity contribution in [3.8, 4) is 0 Å². The summed E-state index contributed by atoms with van der Waals surface area (Å²) >= 11 is 0. The summed E-state index contributed by atoms with van der Waals surface area (Å²) in [5, 5.41) is 19.2. The molecule has 0 aromatic heterocycles. The van der Waals surface area contributed by atoms with E-state index in [2.05, 4.69) is 0 Å². The summed E-state index contributed by atoms with van der Waals surface area (Å²) in [6.45, 7) is 4.77. The quantitative estimate of drug-likeness (QED) is 0.780. The van der Waals surface area contributed by atoms with Crippen molar-refractivity contribution < 1.29 is 29.3 Å². The zero-order chi connectivity index (χ0) is 16.0. The van der Waals surface area contributed by atoms with Crippen LogP contribution >= 0.6 is 0 Å². The Hall–Kier alpha value is -1.92. The van der Waals surface area contributed by atoms with Crippen LogP contribution in [0.25, 0.3) is 0 Å². The first kappa shape index (κ1) is 17.1. The highest BCUT2D eigenvalue weighted by Gasteiger charge is 2.34. The van der Waals surface area contributed by atoms with Gasteiger partial charge in [0.15, 0.2) is 12.2 Å². The SMILES string of the molecule is CC(C)(C)OC(=O)C(O)C(O)C(=O)OCc1ccccc1. The number of aliphatic hydroxyl groups excluding tert-OH is 2. The third kappa shape index (κ3) is 5.93. The van der Waals surface area contributed by atoms with Gasteiger partial charge in [0.2, 0.25) is 0 Å². The highest BCUT2D eigenvalue weighted by molar-refractivity contribution is 5.85. The minimum Gasteiger partial charge on any atom is -0.459 e. The lowest BCUT2D eigenvalue weighted by Crippen LogP contribution is -2.43. The second kappa shape index (κ2) is 7.19. The van der Waals surface area contributed by atoms with Crippen molar-refractivity contribution >= 4 is 11.9 Å². The number of aliphatic hydroxyl groups is 2. The first-order valence-electron chi connectivity index (χ1n) is 6.50. The number of carbonyl (C=O) groups is 2. The Morgan fingerprint density at radius 3 is 2.10 bits per heavy atom. The van der Waals surface area contributed by atoms with E-state index in [4.69, 9.17) is 9.47 Å². The monoisotopic (exact) mass is 296 g/mol. The van der Waals surface area contributed by atoms with Crippen LogP contribution in [0, 0.1) is 0 Å². The number of ether oxygens (including phenoxy) is 2.